The van der Waals surface area contributed by atoms with Gasteiger partial charge in [0.2, 0.25) is 5.91 Å². The van der Waals surface area contributed by atoms with Crippen molar-refractivity contribution in [3.8, 4) is 0 Å². The highest BCUT2D eigenvalue weighted by Crippen LogP contribution is 2.25. The van der Waals surface area contributed by atoms with Crippen LogP contribution in [0.2, 0.25) is 0 Å². The first-order valence-corrected chi connectivity index (χ1v) is 11.2. The molecule has 0 fully saturated rings. The smallest absolute Gasteiger partial charge is 0.230 e. The van der Waals surface area contributed by atoms with Crippen LogP contribution in [0.3, 0.4) is 0 Å². The van der Waals surface area contributed by atoms with Crippen LogP contribution in [0.4, 0.5) is 0 Å². The van der Waals surface area contributed by atoms with E-state index >= 15 is 0 Å². The first-order valence-electron chi connectivity index (χ1n) is 11.2. The molecule has 0 bridgehead atoms. The van der Waals surface area contributed by atoms with Gasteiger partial charge < -0.3 is 13.9 Å². The predicted octanol–water partition coefficient (Wildman–Crippen LogP) is 6.16. The van der Waals surface area contributed by atoms with Gasteiger partial charge in [-0.25, -0.2) is 0 Å². The Morgan fingerprint density at radius 3 is 2.41 bits per heavy atom. The van der Waals surface area contributed by atoms with Gasteiger partial charge >= 0.3 is 0 Å². The molecule has 1 amide bonds. The molecule has 0 aliphatic rings. The molecule has 4 aromatic rings. The van der Waals surface area contributed by atoms with Gasteiger partial charge in [-0.05, 0) is 48.7 Å². The second-order valence-electron chi connectivity index (χ2n) is 8.26. The maximum absolute atomic E-state index is 13.7. The van der Waals surface area contributed by atoms with E-state index in [2.05, 4.69) is 54.9 Å². The van der Waals surface area contributed by atoms with Gasteiger partial charge in [-0.15, -0.1) is 0 Å². The highest BCUT2D eigenvalue weighted by molar-refractivity contribution is 5.83. The van der Waals surface area contributed by atoms with Crippen molar-refractivity contribution in [3.63, 3.8) is 0 Å². The van der Waals surface area contributed by atoms with Crippen LogP contribution < -0.4 is 0 Å². The third-order valence-corrected chi connectivity index (χ3v) is 5.90. The molecule has 2 heterocycles. The molecule has 4 heteroatoms. The fourth-order valence-corrected chi connectivity index (χ4v) is 4.09. The number of nitrogens with zero attached hydrogens (tertiary/aromatic N) is 2. The molecular weight excluding hydrogens is 396 g/mol. The molecule has 0 radical (unpaired) electrons. The topological polar surface area (TPSA) is 38.4 Å². The lowest BCUT2D eigenvalue weighted by atomic mass is 9.95. The number of aromatic nitrogens is 1. The molecular formula is C28H30N2O2. The monoisotopic (exact) mass is 426 g/mol. The van der Waals surface area contributed by atoms with E-state index in [1.165, 1.54) is 11.1 Å². The van der Waals surface area contributed by atoms with Crippen LogP contribution in [0.25, 0.3) is 0 Å². The van der Waals surface area contributed by atoms with E-state index in [1.807, 2.05) is 53.4 Å². The third-order valence-electron chi connectivity index (χ3n) is 5.90. The van der Waals surface area contributed by atoms with Crippen LogP contribution in [0, 0.1) is 6.92 Å². The number of hydrogen-bond donors (Lipinski definition) is 0. The van der Waals surface area contributed by atoms with E-state index in [-0.39, 0.29) is 11.8 Å². The molecule has 0 aliphatic carbocycles. The predicted molar refractivity (Wildman–Crippen MR) is 127 cm³/mol. The molecule has 0 spiro atoms. The summed E-state index contributed by atoms with van der Waals surface area (Å²) in [5.41, 5.74) is 4.66. The summed E-state index contributed by atoms with van der Waals surface area (Å²) in [7, 11) is 0. The normalized spacial score (nSPS) is 11.9. The summed E-state index contributed by atoms with van der Waals surface area (Å²) < 4.78 is 7.81. The van der Waals surface area contributed by atoms with Gasteiger partial charge in [0.15, 0.2) is 0 Å². The Morgan fingerprint density at radius 2 is 1.72 bits per heavy atom. The zero-order valence-corrected chi connectivity index (χ0v) is 18.8. The number of hydrogen-bond acceptors (Lipinski definition) is 2. The Bertz CT molecular complexity index is 1110. The van der Waals surface area contributed by atoms with E-state index in [9.17, 15) is 4.79 Å². The first kappa shape index (κ1) is 21.7. The quantitative estimate of drug-likeness (QED) is 0.321. The van der Waals surface area contributed by atoms with Crippen molar-refractivity contribution in [1.82, 2.24) is 9.47 Å². The molecule has 4 nitrogen and oxygen atoms in total. The van der Waals surface area contributed by atoms with Crippen molar-refractivity contribution in [2.45, 2.75) is 45.8 Å². The Kier molecular flexibility index (Phi) is 6.90. The average Bonchev–Trinajstić information content (AvgIpc) is 3.48. The van der Waals surface area contributed by atoms with E-state index in [1.54, 1.807) is 6.26 Å². The number of carbonyl (C=O) groups is 1. The summed E-state index contributed by atoms with van der Waals surface area (Å²) in [5, 5.41) is 0. The van der Waals surface area contributed by atoms with Gasteiger partial charge in [0, 0.05) is 18.4 Å². The number of carbonyl (C=O) groups excluding carboxylic acids is 1. The van der Waals surface area contributed by atoms with Crippen LogP contribution >= 0.6 is 0 Å². The van der Waals surface area contributed by atoms with E-state index < -0.39 is 0 Å². The largest absolute Gasteiger partial charge is 0.467 e. The first-order chi connectivity index (χ1) is 15.6. The second kappa shape index (κ2) is 10.2. The van der Waals surface area contributed by atoms with Gasteiger partial charge in [-0.1, -0.05) is 67.1 Å². The van der Waals surface area contributed by atoms with Crippen molar-refractivity contribution >= 4 is 5.91 Å². The minimum Gasteiger partial charge on any atom is -0.467 e. The fourth-order valence-electron chi connectivity index (χ4n) is 4.09. The summed E-state index contributed by atoms with van der Waals surface area (Å²) in [6.07, 6.45) is 4.49. The minimum absolute atomic E-state index is 0.123. The molecule has 4 rings (SSSR count). The molecule has 164 valence electrons. The summed E-state index contributed by atoms with van der Waals surface area (Å²) >= 11 is 0. The summed E-state index contributed by atoms with van der Waals surface area (Å²) in [6, 6.07) is 26.6. The fraction of sp³-hybridized carbons (Fsp3) is 0.250. The van der Waals surface area contributed by atoms with Crippen LogP contribution in [0.5, 0.6) is 0 Å². The lowest BCUT2D eigenvalue weighted by molar-refractivity contribution is -0.134. The van der Waals surface area contributed by atoms with E-state index in [0.29, 0.717) is 13.1 Å². The molecule has 0 saturated carbocycles. The SMILES string of the molecule is CCC(C(=O)N(Cc1ccco1)Cc1cccn1Cc1ccc(C)cc1)c1ccccc1. The number of aryl methyl sites for hydroxylation is 1. The number of benzene rings is 2. The van der Waals surface area contributed by atoms with Crippen molar-refractivity contribution in [2.24, 2.45) is 0 Å². The molecule has 0 aliphatic heterocycles. The van der Waals surface area contributed by atoms with Crippen LogP contribution in [-0.4, -0.2) is 15.4 Å². The lowest BCUT2D eigenvalue weighted by Crippen LogP contribution is -2.34. The van der Waals surface area contributed by atoms with Crippen LogP contribution in [0.1, 0.15) is 47.4 Å². The van der Waals surface area contributed by atoms with E-state index in [4.69, 9.17) is 4.42 Å². The average molecular weight is 427 g/mol. The molecule has 1 atom stereocenters. The van der Waals surface area contributed by atoms with Crippen molar-refractivity contribution < 1.29 is 9.21 Å². The van der Waals surface area contributed by atoms with Gasteiger partial charge in [0.05, 0.1) is 25.3 Å². The van der Waals surface area contributed by atoms with E-state index in [0.717, 1.165) is 30.0 Å². The maximum atomic E-state index is 13.7. The van der Waals surface area contributed by atoms with Crippen LogP contribution in [-0.2, 0) is 24.4 Å². The molecule has 2 aromatic carbocycles. The zero-order chi connectivity index (χ0) is 22.3. The van der Waals surface area contributed by atoms with Crippen LogP contribution in [0.15, 0.2) is 95.7 Å². The molecule has 1 unspecified atom stereocenters. The molecule has 0 N–H and O–H groups in total. The number of amides is 1. The molecule has 0 saturated heterocycles. The Balaban J connectivity index is 1.58. The Morgan fingerprint density at radius 1 is 0.938 bits per heavy atom. The lowest BCUT2D eigenvalue weighted by Gasteiger charge is -2.27. The highest BCUT2D eigenvalue weighted by atomic mass is 16.3. The van der Waals surface area contributed by atoms with Gasteiger partial charge in [0.25, 0.3) is 0 Å². The Hall–Kier alpha value is -3.53. The standard InChI is InChI=1S/C28H30N2O2/c1-3-27(24-9-5-4-6-10-24)28(31)30(21-26-12-8-18-32-26)20-25-11-7-17-29(25)19-23-15-13-22(2)14-16-23/h4-18,27H,3,19-21H2,1-2H3. The highest BCUT2D eigenvalue weighted by Gasteiger charge is 2.26. The maximum Gasteiger partial charge on any atom is 0.230 e. The molecule has 32 heavy (non-hydrogen) atoms. The number of rotatable bonds is 9. The molecule has 2 aromatic heterocycles. The summed E-state index contributed by atoms with van der Waals surface area (Å²) in [4.78, 5) is 15.6. The van der Waals surface area contributed by atoms with Gasteiger partial charge in [-0.3, -0.25) is 4.79 Å². The number of furan rings is 1. The minimum atomic E-state index is -0.174. The Labute approximate surface area is 190 Å². The van der Waals surface area contributed by atoms with Gasteiger partial charge in [-0.2, -0.15) is 0 Å². The summed E-state index contributed by atoms with van der Waals surface area (Å²) in [6.45, 7) is 5.93. The van der Waals surface area contributed by atoms with Crippen molar-refractivity contribution in [3.05, 3.63) is 119 Å². The van der Waals surface area contributed by atoms with Crippen molar-refractivity contribution in [2.75, 3.05) is 0 Å². The second-order valence-corrected chi connectivity index (χ2v) is 8.26. The van der Waals surface area contributed by atoms with Gasteiger partial charge in [0.1, 0.15) is 5.76 Å². The third kappa shape index (κ3) is 5.20. The zero-order valence-electron chi connectivity index (χ0n) is 18.8. The van der Waals surface area contributed by atoms with Crippen molar-refractivity contribution in [1.29, 1.82) is 0 Å². The summed E-state index contributed by atoms with van der Waals surface area (Å²) in [5.74, 6) is 0.739.